The second kappa shape index (κ2) is 5.62. The van der Waals surface area contributed by atoms with E-state index in [0.29, 0.717) is 11.5 Å². The van der Waals surface area contributed by atoms with Gasteiger partial charge in [-0.1, -0.05) is 20.8 Å². The smallest absolute Gasteiger partial charge is 0.227 e. The molecule has 3 nitrogen and oxygen atoms in total. The van der Waals surface area contributed by atoms with E-state index in [4.69, 9.17) is 0 Å². The van der Waals surface area contributed by atoms with Gasteiger partial charge in [0.1, 0.15) is 0 Å². The molecule has 0 fully saturated rings. The maximum absolute atomic E-state index is 11.8. The molecule has 1 atom stereocenters. The molecule has 92 valence electrons. The predicted octanol–water partition coefficient (Wildman–Crippen LogP) is 3.12. The van der Waals surface area contributed by atoms with Gasteiger partial charge in [-0.25, -0.2) is 0 Å². The highest BCUT2D eigenvalue weighted by atomic mass is 16.2. The van der Waals surface area contributed by atoms with Crippen molar-refractivity contribution in [3.63, 3.8) is 0 Å². The zero-order valence-electron chi connectivity index (χ0n) is 10.8. The summed E-state index contributed by atoms with van der Waals surface area (Å²) in [5.41, 5.74) is 1.38. The molecule has 0 heterocycles. The second-order valence-corrected chi connectivity index (χ2v) is 4.66. The van der Waals surface area contributed by atoms with E-state index in [1.807, 2.05) is 20.8 Å². The Morgan fingerprint density at radius 3 is 2.00 bits per heavy atom. The Bertz CT molecular complexity index is 407. The van der Waals surface area contributed by atoms with Gasteiger partial charge in [0.05, 0.1) is 0 Å². The summed E-state index contributed by atoms with van der Waals surface area (Å²) in [6, 6.07) is 6.94. The largest absolute Gasteiger partial charge is 0.326 e. The van der Waals surface area contributed by atoms with Crippen molar-refractivity contribution in [1.29, 1.82) is 0 Å². The molecular weight excluding hydrogens is 214 g/mol. The SMILES string of the molecule is CC(=O)c1ccc(NC(=O)C(C)C(C)C)cc1. The molecule has 1 N–H and O–H groups in total. The summed E-state index contributed by atoms with van der Waals surface area (Å²) in [6.07, 6.45) is 0. The minimum atomic E-state index is -0.0255. The van der Waals surface area contributed by atoms with Crippen molar-refractivity contribution in [3.8, 4) is 0 Å². The number of hydrogen-bond donors (Lipinski definition) is 1. The van der Waals surface area contributed by atoms with Crippen molar-refractivity contribution in [1.82, 2.24) is 0 Å². The number of carbonyl (C=O) groups excluding carboxylic acids is 2. The van der Waals surface area contributed by atoms with Gasteiger partial charge in [-0.3, -0.25) is 9.59 Å². The van der Waals surface area contributed by atoms with Gasteiger partial charge in [0.25, 0.3) is 0 Å². The van der Waals surface area contributed by atoms with Crippen molar-refractivity contribution in [2.75, 3.05) is 5.32 Å². The second-order valence-electron chi connectivity index (χ2n) is 4.66. The molecule has 3 heteroatoms. The van der Waals surface area contributed by atoms with Gasteiger partial charge in [0, 0.05) is 17.2 Å². The average molecular weight is 233 g/mol. The zero-order valence-corrected chi connectivity index (χ0v) is 10.8. The molecule has 17 heavy (non-hydrogen) atoms. The van der Waals surface area contributed by atoms with Crippen molar-refractivity contribution in [2.24, 2.45) is 11.8 Å². The van der Waals surface area contributed by atoms with Crippen LogP contribution in [0.2, 0.25) is 0 Å². The molecule has 0 aliphatic heterocycles. The molecule has 0 bridgehead atoms. The first-order chi connectivity index (χ1) is 7.91. The fraction of sp³-hybridized carbons (Fsp3) is 0.429. The molecule has 0 saturated carbocycles. The fourth-order valence-electron chi connectivity index (χ4n) is 1.35. The average Bonchev–Trinajstić information content (AvgIpc) is 2.28. The van der Waals surface area contributed by atoms with Crippen LogP contribution in [0.5, 0.6) is 0 Å². The van der Waals surface area contributed by atoms with E-state index in [1.165, 1.54) is 6.92 Å². The van der Waals surface area contributed by atoms with Gasteiger partial charge in [-0.2, -0.15) is 0 Å². The molecule has 1 rings (SSSR count). The van der Waals surface area contributed by atoms with Gasteiger partial charge >= 0.3 is 0 Å². The molecule has 0 radical (unpaired) electrons. The standard InChI is InChI=1S/C14H19NO2/c1-9(2)10(3)14(17)15-13-7-5-12(6-8-13)11(4)16/h5-10H,1-4H3,(H,15,17). The molecule has 0 saturated heterocycles. The molecule has 0 aliphatic rings. The minimum absolute atomic E-state index is 0.00979. The van der Waals surface area contributed by atoms with Crippen molar-refractivity contribution in [2.45, 2.75) is 27.7 Å². The Balaban J connectivity index is 2.70. The maximum Gasteiger partial charge on any atom is 0.227 e. The zero-order chi connectivity index (χ0) is 13.0. The van der Waals surface area contributed by atoms with E-state index in [2.05, 4.69) is 5.32 Å². The third-order valence-electron chi connectivity index (χ3n) is 2.97. The van der Waals surface area contributed by atoms with E-state index < -0.39 is 0 Å². The van der Waals surface area contributed by atoms with E-state index in [0.717, 1.165) is 5.69 Å². The fourth-order valence-corrected chi connectivity index (χ4v) is 1.35. The third kappa shape index (κ3) is 3.70. The summed E-state index contributed by atoms with van der Waals surface area (Å²) in [5.74, 6) is 0.322. The van der Waals surface area contributed by atoms with Crippen LogP contribution in [0.15, 0.2) is 24.3 Å². The first-order valence-electron chi connectivity index (χ1n) is 5.83. The molecule has 1 amide bonds. The van der Waals surface area contributed by atoms with Gasteiger partial charge in [-0.05, 0) is 37.1 Å². The lowest BCUT2D eigenvalue weighted by Crippen LogP contribution is -2.24. The molecular formula is C14H19NO2. The van der Waals surface area contributed by atoms with Gasteiger partial charge < -0.3 is 5.32 Å². The van der Waals surface area contributed by atoms with Gasteiger partial charge in [-0.15, -0.1) is 0 Å². The summed E-state index contributed by atoms with van der Waals surface area (Å²) in [5, 5.41) is 2.84. The van der Waals surface area contributed by atoms with Crippen LogP contribution >= 0.6 is 0 Å². The number of nitrogens with one attached hydrogen (secondary N) is 1. The van der Waals surface area contributed by atoms with Crippen molar-refractivity contribution < 1.29 is 9.59 Å². The molecule has 0 aliphatic carbocycles. The minimum Gasteiger partial charge on any atom is -0.326 e. The highest BCUT2D eigenvalue weighted by Crippen LogP contribution is 2.15. The summed E-state index contributed by atoms with van der Waals surface area (Å²) < 4.78 is 0. The maximum atomic E-state index is 11.8. The number of benzene rings is 1. The van der Waals surface area contributed by atoms with Crippen molar-refractivity contribution >= 4 is 17.4 Å². The number of rotatable bonds is 4. The van der Waals surface area contributed by atoms with Gasteiger partial charge in [0.2, 0.25) is 5.91 Å². The quantitative estimate of drug-likeness (QED) is 0.812. The summed E-state index contributed by atoms with van der Waals surface area (Å²) in [7, 11) is 0. The van der Waals surface area contributed by atoms with Crippen LogP contribution in [0.1, 0.15) is 38.1 Å². The van der Waals surface area contributed by atoms with Crippen LogP contribution in [0.4, 0.5) is 5.69 Å². The topological polar surface area (TPSA) is 46.2 Å². The summed E-state index contributed by atoms with van der Waals surface area (Å²) in [6.45, 7) is 7.46. The molecule has 0 aromatic heterocycles. The number of hydrogen-bond acceptors (Lipinski definition) is 2. The Morgan fingerprint density at radius 1 is 1.06 bits per heavy atom. The Morgan fingerprint density at radius 2 is 1.59 bits per heavy atom. The molecule has 1 aromatic rings. The van der Waals surface area contributed by atoms with E-state index in [-0.39, 0.29) is 17.6 Å². The van der Waals surface area contributed by atoms with Gasteiger partial charge in [0.15, 0.2) is 5.78 Å². The van der Waals surface area contributed by atoms with E-state index >= 15 is 0 Å². The summed E-state index contributed by atoms with van der Waals surface area (Å²) >= 11 is 0. The Labute approximate surface area is 102 Å². The third-order valence-corrected chi connectivity index (χ3v) is 2.97. The van der Waals surface area contributed by atoms with E-state index in [9.17, 15) is 9.59 Å². The van der Waals surface area contributed by atoms with Crippen molar-refractivity contribution in [3.05, 3.63) is 29.8 Å². The monoisotopic (exact) mass is 233 g/mol. The normalized spacial score (nSPS) is 12.3. The lowest BCUT2D eigenvalue weighted by molar-refractivity contribution is -0.120. The van der Waals surface area contributed by atoms with E-state index in [1.54, 1.807) is 24.3 Å². The number of carbonyl (C=O) groups is 2. The highest BCUT2D eigenvalue weighted by molar-refractivity contribution is 5.96. The van der Waals surface area contributed by atoms with Crippen LogP contribution in [0.25, 0.3) is 0 Å². The number of anilines is 1. The number of Topliss-reactive ketones (excluding diaryl/α,β-unsaturated/α-hetero) is 1. The first kappa shape index (κ1) is 13.4. The van der Waals surface area contributed by atoms with Crippen LogP contribution in [-0.2, 0) is 4.79 Å². The number of ketones is 1. The predicted molar refractivity (Wildman–Crippen MR) is 69.1 cm³/mol. The lowest BCUT2D eigenvalue weighted by Gasteiger charge is -2.15. The lowest BCUT2D eigenvalue weighted by atomic mass is 9.97. The van der Waals surface area contributed by atoms with Crippen LogP contribution in [0.3, 0.4) is 0 Å². The molecule has 0 spiro atoms. The van der Waals surface area contributed by atoms with Crippen LogP contribution in [0, 0.1) is 11.8 Å². The highest BCUT2D eigenvalue weighted by Gasteiger charge is 2.16. The molecule has 1 aromatic carbocycles. The van der Waals surface area contributed by atoms with Crippen LogP contribution < -0.4 is 5.32 Å². The number of amides is 1. The van der Waals surface area contributed by atoms with Crippen LogP contribution in [-0.4, -0.2) is 11.7 Å². The Hall–Kier alpha value is -1.64. The molecule has 1 unspecified atom stereocenters. The first-order valence-corrected chi connectivity index (χ1v) is 5.83. The summed E-state index contributed by atoms with van der Waals surface area (Å²) in [4.78, 5) is 22.9. The Kier molecular flexibility index (Phi) is 4.44.